The average molecular weight is 212 g/mol. The Morgan fingerprint density at radius 2 is 2.50 bits per heavy atom. The van der Waals surface area contributed by atoms with Crippen molar-refractivity contribution in [3.63, 3.8) is 0 Å². The summed E-state index contributed by atoms with van der Waals surface area (Å²) in [5.41, 5.74) is 7.71. The number of nitrogens with zero attached hydrogens (tertiary/aromatic N) is 2. The molecule has 0 aliphatic heterocycles. The molecule has 0 saturated carbocycles. The van der Waals surface area contributed by atoms with Gasteiger partial charge >= 0.3 is 0 Å². The van der Waals surface area contributed by atoms with Gasteiger partial charge in [-0.3, -0.25) is 4.90 Å². The van der Waals surface area contributed by atoms with Gasteiger partial charge in [-0.1, -0.05) is 6.08 Å². The first-order chi connectivity index (χ1) is 6.63. The molecule has 14 heavy (non-hydrogen) atoms. The zero-order valence-corrected chi connectivity index (χ0v) is 8.96. The Hall–Kier alpha value is -0.980. The predicted molar refractivity (Wildman–Crippen MR) is 57.7 cm³/mol. The molecule has 0 spiro atoms. The molecule has 0 bridgehead atoms. The van der Waals surface area contributed by atoms with E-state index in [1.807, 2.05) is 24.1 Å². The lowest BCUT2D eigenvalue weighted by Crippen LogP contribution is -2.25. The molecule has 1 atom stereocenters. The Morgan fingerprint density at radius 3 is 3.14 bits per heavy atom. The number of nitriles is 1. The predicted octanol–water partition coefficient (Wildman–Crippen LogP) is 1.22. The van der Waals surface area contributed by atoms with Gasteiger partial charge in [-0.2, -0.15) is 5.26 Å². The van der Waals surface area contributed by atoms with Crippen LogP contribution in [0.25, 0.3) is 0 Å². The molecule has 2 N–H and O–H groups in total. The molecule has 0 aromatic rings. The summed E-state index contributed by atoms with van der Waals surface area (Å²) >= 11 is 5.98. The second kappa shape index (κ2) is 5.04. The molecule has 0 aromatic heterocycles. The summed E-state index contributed by atoms with van der Waals surface area (Å²) in [6.45, 7) is 1.13. The minimum absolute atomic E-state index is 0.0350. The molecule has 76 valence electrons. The van der Waals surface area contributed by atoms with Crippen LogP contribution in [0.2, 0.25) is 0 Å². The van der Waals surface area contributed by atoms with Crippen LogP contribution in [0.4, 0.5) is 0 Å². The largest absolute Gasteiger partial charge is 0.399 e. The van der Waals surface area contributed by atoms with E-state index < -0.39 is 0 Å². The number of halogens is 1. The molecule has 0 heterocycles. The van der Waals surface area contributed by atoms with Crippen LogP contribution in [0, 0.1) is 11.3 Å². The van der Waals surface area contributed by atoms with Crippen LogP contribution >= 0.6 is 11.6 Å². The van der Waals surface area contributed by atoms with E-state index in [1.54, 1.807) is 0 Å². The van der Waals surface area contributed by atoms with Gasteiger partial charge in [-0.25, -0.2) is 0 Å². The van der Waals surface area contributed by atoms with E-state index in [4.69, 9.17) is 22.6 Å². The lowest BCUT2D eigenvalue weighted by molar-refractivity contribution is 0.401. The molecule has 0 fully saturated rings. The van der Waals surface area contributed by atoms with Crippen molar-refractivity contribution in [2.75, 3.05) is 20.1 Å². The summed E-state index contributed by atoms with van der Waals surface area (Å²) in [6.07, 6.45) is 4.51. The van der Waals surface area contributed by atoms with Crippen LogP contribution in [-0.2, 0) is 0 Å². The van der Waals surface area contributed by atoms with E-state index >= 15 is 0 Å². The maximum absolute atomic E-state index is 8.51. The first-order valence-electron chi connectivity index (χ1n) is 4.48. The van der Waals surface area contributed by atoms with E-state index in [1.165, 1.54) is 0 Å². The van der Waals surface area contributed by atoms with E-state index in [-0.39, 0.29) is 5.38 Å². The third kappa shape index (κ3) is 3.06. The molecule has 3 nitrogen and oxygen atoms in total. The van der Waals surface area contributed by atoms with Crippen LogP contribution in [-0.4, -0.2) is 30.4 Å². The number of likely N-dealkylation sites (N-methyl/N-ethyl adjacent to an activating group) is 1. The van der Waals surface area contributed by atoms with Gasteiger partial charge in [0.2, 0.25) is 0 Å². The van der Waals surface area contributed by atoms with Crippen LogP contribution in [0.3, 0.4) is 0 Å². The van der Waals surface area contributed by atoms with Gasteiger partial charge in [0.25, 0.3) is 0 Å². The molecule has 1 unspecified atom stereocenters. The molecule has 1 aliphatic carbocycles. The van der Waals surface area contributed by atoms with Crippen LogP contribution in [0.5, 0.6) is 0 Å². The van der Waals surface area contributed by atoms with Crippen molar-refractivity contribution >= 4 is 11.6 Å². The van der Waals surface area contributed by atoms with Gasteiger partial charge in [0, 0.05) is 12.2 Å². The monoisotopic (exact) mass is 211 g/mol. The first-order valence-corrected chi connectivity index (χ1v) is 4.92. The van der Waals surface area contributed by atoms with Crippen molar-refractivity contribution in [1.82, 2.24) is 4.90 Å². The normalized spacial score (nSPS) is 21.4. The number of alkyl halides is 1. The van der Waals surface area contributed by atoms with Crippen LogP contribution < -0.4 is 5.73 Å². The van der Waals surface area contributed by atoms with Gasteiger partial charge in [0.15, 0.2) is 0 Å². The molecule has 1 rings (SSSR count). The van der Waals surface area contributed by atoms with Crippen molar-refractivity contribution in [2.24, 2.45) is 5.73 Å². The second-order valence-corrected chi connectivity index (χ2v) is 4.03. The Morgan fingerprint density at radius 1 is 1.79 bits per heavy atom. The number of nitrogens with two attached hydrogens (primary N) is 1. The SMILES string of the molecule is CN(CC#N)CC1=C(N)C=CC(Cl)C1. The summed E-state index contributed by atoms with van der Waals surface area (Å²) in [5, 5.41) is 8.54. The van der Waals surface area contributed by atoms with Gasteiger partial charge in [0.1, 0.15) is 0 Å². The fourth-order valence-corrected chi connectivity index (χ4v) is 1.66. The van der Waals surface area contributed by atoms with Crippen LogP contribution in [0.15, 0.2) is 23.4 Å². The van der Waals surface area contributed by atoms with Gasteiger partial charge in [-0.15, -0.1) is 11.6 Å². The van der Waals surface area contributed by atoms with Crippen molar-refractivity contribution < 1.29 is 0 Å². The topological polar surface area (TPSA) is 53.0 Å². The third-order valence-electron chi connectivity index (χ3n) is 2.14. The molecular formula is C10H14ClN3. The maximum atomic E-state index is 8.51. The quantitative estimate of drug-likeness (QED) is 0.564. The molecule has 1 aliphatic rings. The smallest absolute Gasteiger partial charge is 0.0866 e. The summed E-state index contributed by atoms with van der Waals surface area (Å²) in [6, 6.07) is 2.09. The molecule has 0 aromatic carbocycles. The van der Waals surface area contributed by atoms with E-state index in [2.05, 4.69) is 6.07 Å². The highest BCUT2D eigenvalue weighted by Gasteiger charge is 2.13. The third-order valence-corrected chi connectivity index (χ3v) is 2.44. The first kappa shape index (κ1) is 11.1. The zero-order chi connectivity index (χ0) is 10.6. The minimum atomic E-state index is 0.0350. The van der Waals surface area contributed by atoms with Crippen molar-refractivity contribution in [2.45, 2.75) is 11.8 Å². The molecule has 0 amide bonds. The molecular weight excluding hydrogens is 198 g/mol. The lowest BCUT2D eigenvalue weighted by atomic mass is 10.0. The van der Waals surface area contributed by atoms with E-state index in [0.29, 0.717) is 13.1 Å². The highest BCUT2D eigenvalue weighted by atomic mass is 35.5. The Balaban J connectivity index is 2.59. The zero-order valence-electron chi connectivity index (χ0n) is 8.20. The molecule has 4 heteroatoms. The Bertz CT molecular complexity index is 301. The van der Waals surface area contributed by atoms with Crippen LogP contribution in [0.1, 0.15) is 6.42 Å². The van der Waals surface area contributed by atoms with Crippen molar-refractivity contribution in [3.05, 3.63) is 23.4 Å². The summed E-state index contributed by atoms with van der Waals surface area (Å²) in [5.74, 6) is 0. The maximum Gasteiger partial charge on any atom is 0.0866 e. The summed E-state index contributed by atoms with van der Waals surface area (Å²) in [4.78, 5) is 1.92. The van der Waals surface area contributed by atoms with E-state index in [0.717, 1.165) is 17.7 Å². The van der Waals surface area contributed by atoms with Gasteiger partial charge in [0.05, 0.1) is 18.0 Å². The fourth-order valence-electron chi connectivity index (χ4n) is 1.41. The lowest BCUT2D eigenvalue weighted by Gasteiger charge is -2.20. The van der Waals surface area contributed by atoms with Crippen molar-refractivity contribution in [1.29, 1.82) is 5.26 Å². The highest BCUT2D eigenvalue weighted by molar-refractivity contribution is 6.22. The number of allylic oxidation sites excluding steroid dienone is 2. The minimum Gasteiger partial charge on any atom is -0.399 e. The second-order valence-electron chi connectivity index (χ2n) is 3.47. The van der Waals surface area contributed by atoms with Gasteiger partial charge in [-0.05, 0) is 25.1 Å². The summed E-state index contributed by atoms with van der Waals surface area (Å²) < 4.78 is 0. The van der Waals surface area contributed by atoms with Gasteiger partial charge < -0.3 is 5.73 Å². The molecule has 0 radical (unpaired) electrons. The average Bonchev–Trinajstić information content (AvgIpc) is 2.12. The van der Waals surface area contributed by atoms with Crippen molar-refractivity contribution in [3.8, 4) is 6.07 Å². The molecule has 0 saturated heterocycles. The number of rotatable bonds is 3. The Labute approximate surface area is 89.4 Å². The standard InChI is InChI=1S/C10H14ClN3/c1-14(5-4-12)7-8-6-9(11)2-3-10(8)13/h2-3,9H,5-7,13H2,1H3. The number of hydrogen-bond acceptors (Lipinski definition) is 3. The summed E-state index contributed by atoms with van der Waals surface area (Å²) in [7, 11) is 1.89. The highest BCUT2D eigenvalue weighted by Crippen LogP contribution is 2.20. The Kier molecular flexibility index (Phi) is 3.99. The van der Waals surface area contributed by atoms with E-state index in [9.17, 15) is 0 Å². The number of hydrogen-bond donors (Lipinski definition) is 1. The fraction of sp³-hybridized carbons (Fsp3) is 0.500.